The molecule has 1 saturated heterocycles. The van der Waals surface area contributed by atoms with Crippen LogP contribution in [0.25, 0.3) is 0 Å². The molecule has 1 aliphatic rings. The van der Waals surface area contributed by atoms with Gasteiger partial charge in [0, 0.05) is 13.1 Å². The molecule has 58 heavy (non-hydrogen) atoms. The maximum Gasteiger partial charge on any atom is 0.243 e. The number of aryl methyl sites for hydroxylation is 1. The molecule has 300 valence electrons. The third kappa shape index (κ3) is 11.4. The fraction of sp³-hybridized carbons (Fsp3) is 0.265. The molecule has 0 saturated carbocycles. The number of nitrogens with zero attached hydrogens (tertiary/aromatic N) is 1. The van der Waals surface area contributed by atoms with Crippen LogP contribution in [0.5, 0.6) is 0 Å². The van der Waals surface area contributed by atoms with Crippen molar-refractivity contribution in [1.29, 1.82) is 0 Å². The van der Waals surface area contributed by atoms with Gasteiger partial charge < -0.3 is 23.7 Å². The minimum Gasteiger partial charge on any atom is -0.369 e. The molecular formula is C49H51NO7S. The SMILES string of the molecule is Cc1ccc(S(=O)(=O)N2C[C@H](OCc3ccccc3)[C@@H](OCc3ccccc3)C(OCc3ccccc3)[C@H](OCc3ccccc3)[C@H](OCc3ccccc3)C2)cc1. The maximum absolute atomic E-state index is 14.9. The lowest BCUT2D eigenvalue weighted by Crippen LogP contribution is -2.61. The largest absolute Gasteiger partial charge is 0.369 e. The summed E-state index contributed by atoms with van der Waals surface area (Å²) in [7, 11) is -4.08. The first-order valence-corrected chi connectivity index (χ1v) is 21.2. The molecule has 1 heterocycles. The molecule has 1 fully saturated rings. The molecule has 0 spiro atoms. The molecule has 0 aromatic heterocycles. The van der Waals surface area contributed by atoms with Gasteiger partial charge in [0.1, 0.15) is 30.5 Å². The van der Waals surface area contributed by atoms with Gasteiger partial charge in [-0.15, -0.1) is 0 Å². The van der Waals surface area contributed by atoms with Crippen LogP contribution in [0.2, 0.25) is 0 Å². The maximum atomic E-state index is 14.9. The second kappa shape index (κ2) is 20.6. The summed E-state index contributed by atoms with van der Waals surface area (Å²) in [5, 5.41) is 0. The van der Waals surface area contributed by atoms with Gasteiger partial charge in [0.2, 0.25) is 10.0 Å². The quantitative estimate of drug-likeness (QED) is 0.0912. The van der Waals surface area contributed by atoms with Crippen LogP contribution in [0.1, 0.15) is 33.4 Å². The number of hydrogen-bond acceptors (Lipinski definition) is 7. The summed E-state index contributed by atoms with van der Waals surface area (Å²) >= 11 is 0. The van der Waals surface area contributed by atoms with Crippen molar-refractivity contribution in [3.63, 3.8) is 0 Å². The standard InChI is InChI=1S/C49H51NO7S/c1-38-27-29-44(30-28-38)58(51,52)50-31-45(53-33-39-17-7-2-8-18-39)47(55-35-41-21-11-4-12-22-41)49(57-37-43-25-15-6-16-26-43)48(56-36-42-23-13-5-14-24-42)46(32-50)54-34-40-19-9-3-10-20-40/h2-30,45-49H,31-37H2,1H3/t45-,46+,47-,48-,49?/m1/s1. The van der Waals surface area contributed by atoms with Crippen molar-refractivity contribution in [1.82, 2.24) is 4.31 Å². The van der Waals surface area contributed by atoms with Gasteiger partial charge >= 0.3 is 0 Å². The van der Waals surface area contributed by atoms with Crippen LogP contribution >= 0.6 is 0 Å². The molecule has 6 aromatic rings. The molecule has 6 aromatic carbocycles. The molecular weight excluding hydrogens is 747 g/mol. The Bertz CT molecular complexity index is 2090. The van der Waals surface area contributed by atoms with E-state index in [2.05, 4.69) is 0 Å². The normalized spacial score (nSPS) is 20.3. The zero-order valence-corrected chi connectivity index (χ0v) is 33.6. The van der Waals surface area contributed by atoms with Crippen molar-refractivity contribution in [3.8, 4) is 0 Å². The zero-order valence-electron chi connectivity index (χ0n) is 32.8. The van der Waals surface area contributed by atoms with Gasteiger partial charge in [0.25, 0.3) is 0 Å². The topological polar surface area (TPSA) is 83.5 Å². The van der Waals surface area contributed by atoms with Gasteiger partial charge in [-0.1, -0.05) is 169 Å². The van der Waals surface area contributed by atoms with Gasteiger partial charge in [-0.3, -0.25) is 0 Å². The second-order valence-electron chi connectivity index (χ2n) is 14.6. The third-order valence-electron chi connectivity index (χ3n) is 10.3. The van der Waals surface area contributed by atoms with Gasteiger partial charge in [0.15, 0.2) is 0 Å². The minimum atomic E-state index is -4.08. The summed E-state index contributed by atoms with van der Waals surface area (Å²) in [5.41, 5.74) is 5.73. The molecule has 0 radical (unpaired) electrons. The van der Waals surface area contributed by atoms with E-state index < -0.39 is 40.5 Å². The molecule has 1 unspecified atom stereocenters. The lowest BCUT2D eigenvalue weighted by Gasteiger charge is -2.45. The average Bonchev–Trinajstić information content (AvgIpc) is 3.26. The Morgan fingerprint density at radius 2 is 0.707 bits per heavy atom. The third-order valence-corrected chi connectivity index (χ3v) is 12.1. The monoisotopic (exact) mass is 797 g/mol. The summed E-state index contributed by atoms with van der Waals surface area (Å²) in [4.78, 5) is 0.183. The van der Waals surface area contributed by atoms with Crippen LogP contribution in [0.4, 0.5) is 0 Å². The summed E-state index contributed by atoms with van der Waals surface area (Å²) < 4.78 is 65.9. The van der Waals surface area contributed by atoms with Crippen LogP contribution in [-0.2, 0) is 66.7 Å². The number of rotatable bonds is 17. The highest BCUT2D eigenvalue weighted by Crippen LogP contribution is 2.31. The van der Waals surface area contributed by atoms with Gasteiger partial charge in [-0.2, -0.15) is 4.31 Å². The van der Waals surface area contributed by atoms with E-state index in [0.29, 0.717) is 0 Å². The highest BCUT2D eigenvalue weighted by Gasteiger charge is 2.48. The van der Waals surface area contributed by atoms with Crippen molar-refractivity contribution in [3.05, 3.63) is 209 Å². The van der Waals surface area contributed by atoms with E-state index in [-0.39, 0.29) is 51.0 Å². The molecule has 9 heteroatoms. The number of sulfonamides is 1. The summed E-state index contributed by atoms with van der Waals surface area (Å²) in [5.74, 6) is 0. The van der Waals surface area contributed by atoms with Crippen LogP contribution in [-0.4, -0.2) is 56.3 Å². The van der Waals surface area contributed by atoms with Gasteiger partial charge in [0.05, 0.1) is 37.9 Å². The lowest BCUT2D eigenvalue weighted by molar-refractivity contribution is -0.225. The minimum absolute atomic E-state index is 0.0235. The Labute approximate surface area is 343 Å². The average molecular weight is 798 g/mol. The Balaban J connectivity index is 1.35. The van der Waals surface area contributed by atoms with Crippen LogP contribution in [0, 0.1) is 6.92 Å². The Kier molecular flexibility index (Phi) is 14.7. The molecule has 0 N–H and O–H groups in total. The van der Waals surface area contributed by atoms with E-state index in [1.165, 1.54) is 4.31 Å². The summed E-state index contributed by atoms with van der Waals surface area (Å²) in [6, 6.07) is 56.5. The molecule has 8 nitrogen and oxygen atoms in total. The van der Waals surface area contributed by atoms with E-state index in [1.54, 1.807) is 12.1 Å². The Morgan fingerprint density at radius 1 is 0.414 bits per heavy atom. The van der Waals surface area contributed by atoms with E-state index >= 15 is 0 Å². The molecule has 1 aliphatic heterocycles. The predicted molar refractivity (Wildman–Crippen MR) is 225 cm³/mol. The molecule has 0 aliphatic carbocycles. The first-order chi connectivity index (χ1) is 28.4. The van der Waals surface area contributed by atoms with E-state index in [1.807, 2.05) is 171 Å². The lowest BCUT2D eigenvalue weighted by atomic mass is 9.95. The highest BCUT2D eigenvalue weighted by atomic mass is 32.2. The fourth-order valence-corrected chi connectivity index (χ4v) is 8.56. The van der Waals surface area contributed by atoms with Gasteiger partial charge in [-0.05, 0) is 46.9 Å². The zero-order chi connectivity index (χ0) is 40.0. The first kappa shape index (κ1) is 41.2. The van der Waals surface area contributed by atoms with Crippen molar-refractivity contribution in [2.45, 2.75) is 75.4 Å². The summed E-state index contributed by atoms with van der Waals surface area (Å²) in [6.07, 6.45) is -3.97. The Hall–Kier alpha value is -4.97. The number of ether oxygens (including phenoxy) is 5. The van der Waals surface area contributed by atoms with E-state index in [0.717, 1.165) is 33.4 Å². The molecule has 7 rings (SSSR count). The molecule has 0 amide bonds. The van der Waals surface area contributed by atoms with Crippen LogP contribution in [0.3, 0.4) is 0 Å². The number of hydrogen-bond donors (Lipinski definition) is 0. The smallest absolute Gasteiger partial charge is 0.243 e. The second-order valence-corrected chi connectivity index (χ2v) is 16.5. The molecule has 5 atom stereocenters. The highest BCUT2D eigenvalue weighted by molar-refractivity contribution is 7.89. The van der Waals surface area contributed by atoms with Crippen molar-refractivity contribution in [2.24, 2.45) is 0 Å². The van der Waals surface area contributed by atoms with E-state index in [9.17, 15) is 8.42 Å². The fourth-order valence-electron chi connectivity index (χ4n) is 7.09. The van der Waals surface area contributed by atoms with Crippen molar-refractivity contribution >= 4 is 10.0 Å². The van der Waals surface area contributed by atoms with Crippen LogP contribution in [0.15, 0.2) is 181 Å². The van der Waals surface area contributed by atoms with E-state index in [4.69, 9.17) is 23.7 Å². The number of benzene rings is 6. The summed E-state index contributed by atoms with van der Waals surface area (Å²) in [6.45, 7) is 3.06. The van der Waals surface area contributed by atoms with Crippen molar-refractivity contribution in [2.75, 3.05) is 13.1 Å². The van der Waals surface area contributed by atoms with Crippen LogP contribution < -0.4 is 0 Å². The predicted octanol–water partition coefficient (Wildman–Crippen LogP) is 8.93. The Morgan fingerprint density at radius 3 is 1.03 bits per heavy atom. The molecule has 0 bridgehead atoms. The van der Waals surface area contributed by atoms with Crippen molar-refractivity contribution < 1.29 is 32.1 Å². The van der Waals surface area contributed by atoms with Gasteiger partial charge in [-0.25, -0.2) is 8.42 Å². The first-order valence-electron chi connectivity index (χ1n) is 19.8.